The van der Waals surface area contributed by atoms with Crippen LogP contribution in [0.15, 0.2) is 55.1 Å². The van der Waals surface area contributed by atoms with Gasteiger partial charge in [-0.15, -0.1) is 6.58 Å². The molecule has 1 aliphatic heterocycles. The third kappa shape index (κ3) is 2.56. The molecule has 2 aromatic carbocycles. The molecule has 3 rings (SSSR count). The summed E-state index contributed by atoms with van der Waals surface area (Å²) in [4.78, 5) is 24.7. The first-order valence-corrected chi connectivity index (χ1v) is 7.27. The molecule has 1 amide bonds. The third-order valence-electron chi connectivity index (χ3n) is 3.86. The number of carbonyl (C=O) groups is 1. The van der Waals surface area contributed by atoms with Crippen molar-refractivity contribution in [3.05, 3.63) is 76.4 Å². The van der Waals surface area contributed by atoms with Crippen LogP contribution in [-0.2, 0) is 0 Å². The molecule has 7 nitrogen and oxygen atoms in total. The highest BCUT2D eigenvalue weighted by Gasteiger charge is 2.33. The van der Waals surface area contributed by atoms with E-state index in [0.717, 1.165) is 0 Å². The van der Waals surface area contributed by atoms with E-state index in [4.69, 9.17) is 0 Å². The maximum absolute atomic E-state index is 12.7. The molecule has 2 aromatic rings. The highest BCUT2D eigenvalue weighted by molar-refractivity contribution is 6.01. The number of nitrogens with one attached hydrogen (secondary N) is 1. The molecule has 1 heterocycles. The second kappa shape index (κ2) is 6.04. The number of para-hydroxylation sites is 1. The monoisotopic (exact) mass is 325 g/mol. The van der Waals surface area contributed by atoms with Gasteiger partial charge in [-0.25, -0.2) is 0 Å². The van der Waals surface area contributed by atoms with Crippen molar-refractivity contribution in [3.8, 4) is 5.75 Å². The fourth-order valence-electron chi connectivity index (χ4n) is 2.74. The highest BCUT2D eigenvalue weighted by Crippen LogP contribution is 2.36. The molecule has 0 saturated carbocycles. The van der Waals surface area contributed by atoms with Crippen molar-refractivity contribution < 1.29 is 14.8 Å². The Morgan fingerprint density at radius 3 is 2.79 bits per heavy atom. The zero-order valence-corrected chi connectivity index (χ0v) is 12.7. The molecule has 7 heteroatoms. The van der Waals surface area contributed by atoms with Gasteiger partial charge in [-0.2, -0.15) is 0 Å². The van der Waals surface area contributed by atoms with E-state index in [1.54, 1.807) is 36.4 Å². The minimum absolute atomic E-state index is 0.190. The number of phenolic OH excluding ortho intramolecular Hbond substituents is 1. The molecule has 24 heavy (non-hydrogen) atoms. The number of aromatic hydroxyl groups is 1. The molecular formula is C17H15N3O4. The Hall–Kier alpha value is -3.35. The number of anilines is 1. The van der Waals surface area contributed by atoms with Gasteiger partial charge in [0, 0.05) is 23.9 Å². The minimum atomic E-state index is -0.657. The van der Waals surface area contributed by atoms with Crippen LogP contribution in [0.25, 0.3) is 0 Å². The SMILES string of the molecule is C=CCN1C(=O)c2ccccc2NC1c1ccc(O)c([N+](=O)[O-])c1. The van der Waals surface area contributed by atoms with Crippen LogP contribution >= 0.6 is 0 Å². The van der Waals surface area contributed by atoms with Crippen molar-refractivity contribution >= 4 is 17.3 Å². The molecule has 1 aliphatic rings. The summed E-state index contributed by atoms with van der Waals surface area (Å²) in [7, 11) is 0. The third-order valence-corrected chi connectivity index (χ3v) is 3.86. The van der Waals surface area contributed by atoms with E-state index in [-0.39, 0.29) is 12.5 Å². The molecular weight excluding hydrogens is 310 g/mol. The van der Waals surface area contributed by atoms with Crippen LogP contribution in [0.3, 0.4) is 0 Å². The number of fused-ring (bicyclic) bond motifs is 1. The van der Waals surface area contributed by atoms with Crippen molar-refractivity contribution in [1.82, 2.24) is 4.90 Å². The molecule has 1 unspecified atom stereocenters. The number of hydrogen-bond donors (Lipinski definition) is 2. The van der Waals surface area contributed by atoms with Crippen molar-refractivity contribution in [3.63, 3.8) is 0 Å². The molecule has 0 spiro atoms. The lowest BCUT2D eigenvalue weighted by Gasteiger charge is -2.37. The average molecular weight is 325 g/mol. The van der Waals surface area contributed by atoms with Gasteiger partial charge in [0.15, 0.2) is 5.75 Å². The number of phenols is 1. The Kier molecular flexibility index (Phi) is 3.91. The zero-order chi connectivity index (χ0) is 17.3. The van der Waals surface area contributed by atoms with E-state index >= 15 is 0 Å². The van der Waals surface area contributed by atoms with Gasteiger partial charge in [-0.1, -0.05) is 24.3 Å². The van der Waals surface area contributed by atoms with E-state index in [1.165, 1.54) is 17.0 Å². The van der Waals surface area contributed by atoms with Gasteiger partial charge in [0.1, 0.15) is 6.17 Å². The van der Waals surface area contributed by atoms with Crippen LogP contribution in [0.5, 0.6) is 5.75 Å². The molecule has 1 atom stereocenters. The summed E-state index contributed by atoms with van der Waals surface area (Å²) >= 11 is 0. The topological polar surface area (TPSA) is 95.7 Å². The van der Waals surface area contributed by atoms with Crippen LogP contribution in [0.4, 0.5) is 11.4 Å². The van der Waals surface area contributed by atoms with Gasteiger partial charge >= 0.3 is 5.69 Å². The van der Waals surface area contributed by atoms with E-state index in [9.17, 15) is 20.0 Å². The van der Waals surface area contributed by atoms with Crippen LogP contribution in [0.1, 0.15) is 22.1 Å². The van der Waals surface area contributed by atoms with E-state index in [0.29, 0.717) is 16.8 Å². The van der Waals surface area contributed by atoms with Gasteiger partial charge < -0.3 is 15.3 Å². The summed E-state index contributed by atoms with van der Waals surface area (Å²) in [6.45, 7) is 3.94. The Morgan fingerprint density at radius 2 is 2.08 bits per heavy atom. The van der Waals surface area contributed by atoms with E-state index in [1.807, 2.05) is 0 Å². The molecule has 2 N–H and O–H groups in total. The predicted molar refractivity (Wildman–Crippen MR) is 88.8 cm³/mol. The second-order valence-corrected chi connectivity index (χ2v) is 5.34. The summed E-state index contributed by atoms with van der Waals surface area (Å²) in [6, 6.07) is 11.2. The van der Waals surface area contributed by atoms with Crippen molar-refractivity contribution in [1.29, 1.82) is 0 Å². The molecule has 0 radical (unpaired) electrons. The Balaban J connectivity index is 2.09. The highest BCUT2D eigenvalue weighted by atomic mass is 16.6. The second-order valence-electron chi connectivity index (χ2n) is 5.34. The first kappa shape index (κ1) is 15.5. The number of benzene rings is 2. The maximum atomic E-state index is 12.7. The normalized spacial score (nSPS) is 16.2. The lowest BCUT2D eigenvalue weighted by molar-refractivity contribution is -0.385. The van der Waals surface area contributed by atoms with Crippen LogP contribution in [0, 0.1) is 10.1 Å². The Labute approximate surface area is 138 Å². The van der Waals surface area contributed by atoms with Crippen molar-refractivity contribution in [2.75, 3.05) is 11.9 Å². The van der Waals surface area contributed by atoms with Crippen LogP contribution in [-0.4, -0.2) is 27.4 Å². The zero-order valence-electron chi connectivity index (χ0n) is 12.7. The molecule has 0 bridgehead atoms. The number of carbonyl (C=O) groups excluding carboxylic acids is 1. The molecule has 0 aromatic heterocycles. The Bertz CT molecular complexity index is 834. The van der Waals surface area contributed by atoms with Gasteiger partial charge in [0.2, 0.25) is 0 Å². The van der Waals surface area contributed by atoms with Gasteiger partial charge in [0.05, 0.1) is 10.5 Å². The minimum Gasteiger partial charge on any atom is -0.502 e. The Morgan fingerprint density at radius 1 is 1.33 bits per heavy atom. The van der Waals surface area contributed by atoms with Crippen LogP contribution in [0.2, 0.25) is 0 Å². The quantitative estimate of drug-likeness (QED) is 0.512. The van der Waals surface area contributed by atoms with Gasteiger partial charge in [0.25, 0.3) is 5.91 Å². The van der Waals surface area contributed by atoms with Crippen molar-refractivity contribution in [2.24, 2.45) is 0 Å². The number of nitro groups is 1. The first-order chi connectivity index (χ1) is 11.5. The number of hydrogen-bond acceptors (Lipinski definition) is 5. The first-order valence-electron chi connectivity index (χ1n) is 7.27. The summed E-state index contributed by atoms with van der Waals surface area (Å²) in [5.74, 6) is -0.605. The molecule has 0 saturated heterocycles. The number of nitrogens with zero attached hydrogens (tertiary/aromatic N) is 2. The molecule has 0 fully saturated rings. The van der Waals surface area contributed by atoms with Crippen molar-refractivity contribution in [2.45, 2.75) is 6.17 Å². The molecule has 122 valence electrons. The fourth-order valence-corrected chi connectivity index (χ4v) is 2.74. The maximum Gasteiger partial charge on any atom is 0.311 e. The summed E-state index contributed by atoms with van der Waals surface area (Å²) in [6.07, 6.45) is 1.000. The van der Waals surface area contributed by atoms with Gasteiger partial charge in [-0.3, -0.25) is 14.9 Å². The predicted octanol–water partition coefficient (Wildman–Crippen LogP) is 3.05. The molecule has 0 aliphatic carbocycles. The largest absolute Gasteiger partial charge is 0.502 e. The number of amides is 1. The number of rotatable bonds is 4. The summed E-state index contributed by atoms with van der Waals surface area (Å²) < 4.78 is 0. The standard InChI is InChI=1S/C17H15N3O4/c1-2-9-19-16(11-7-8-15(21)14(10-11)20(23)24)18-13-6-4-3-5-12(13)17(19)22/h2-8,10,16,18,21H,1,9H2. The van der Waals surface area contributed by atoms with Crippen LogP contribution < -0.4 is 5.32 Å². The smallest absolute Gasteiger partial charge is 0.311 e. The van der Waals surface area contributed by atoms with E-state index < -0.39 is 22.5 Å². The summed E-state index contributed by atoms with van der Waals surface area (Å²) in [5, 5.41) is 23.9. The van der Waals surface area contributed by atoms with E-state index in [2.05, 4.69) is 11.9 Å². The lowest BCUT2D eigenvalue weighted by Crippen LogP contribution is -2.42. The lowest BCUT2D eigenvalue weighted by atomic mass is 10.0. The van der Waals surface area contributed by atoms with Gasteiger partial charge in [-0.05, 0) is 18.2 Å². The summed E-state index contributed by atoms with van der Waals surface area (Å²) in [5.41, 5.74) is 1.29. The fraction of sp³-hybridized carbons (Fsp3) is 0.118. The number of nitro benzene ring substituents is 1. The average Bonchev–Trinajstić information content (AvgIpc) is 2.57.